The molecule has 3 aromatic carbocycles. The number of hydrogen-bond acceptors (Lipinski definition) is 13. The largest absolute Gasteiger partial charge is 0.506 e. The molecule has 0 amide bonds. The van der Waals surface area contributed by atoms with Crippen molar-refractivity contribution in [2.75, 3.05) is 5.32 Å². The van der Waals surface area contributed by atoms with Crippen molar-refractivity contribution in [2.24, 2.45) is 10.2 Å². The van der Waals surface area contributed by atoms with Gasteiger partial charge in [-0.1, -0.05) is 23.2 Å². The highest BCUT2D eigenvalue weighted by Crippen LogP contribution is 2.46. The number of hydrogen-bond donors (Lipinski definition) is 5. The minimum absolute atomic E-state index is 0.309. The number of nitrogens with zero attached hydrogens (tertiary/aromatic N) is 5. The number of anilines is 2. The SMILES string of the molecule is O=[N+]([O-])c1ccc(O)c(N=Nc2c(S(=O)(=O)O)cc3cc(S(=O)(=O)O)cc(Nc4nc(Cl)nc(Cl)c4Cl)c3c2O)c1. The number of phenolic OH excluding ortho intramolecular Hbond substituents is 2. The third-order valence-electron chi connectivity index (χ3n) is 5.16. The maximum absolute atomic E-state index is 12.2. The van der Waals surface area contributed by atoms with Crippen LogP contribution in [0.4, 0.5) is 28.6 Å². The molecule has 0 aliphatic carbocycles. The van der Waals surface area contributed by atoms with Gasteiger partial charge in [0.05, 0.1) is 15.5 Å². The van der Waals surface area contributed by atoms with Crippen molar-refractivity contribution in [1.29, 1.82) is 0 Å². The van der Waals surface area contributed by atoms with Gasteiger partial charge in [0, 0.05) is 17.5 Å². The molecule has 4 rings (SSSR count). The molecule has 0 saturated heterocycles. The molecule has 1 heterocycles. The Bertz CT molecular complexity index is 2020. The van der Waals surface area contributed by atoms with Gasteiger partial charge in [-0.25, -0.2) is 4.98 Å². The standard InChI is InChI=1S/C20H11Cl3N6O10S2/c21-15-18(22)25-20(23)26-19(15)24-11-6-9(40(34,35)36)3-7-4-13(41(37,38)39)16(17(31)14(7)11)28-27-10-5-8(29(32)33)1-2-12(10)30/h1-6,30-31H,(H,24,25,26)(H,34,35,36)(H,37,38,39). The number of aromatic hydroxyl groups is 2. The van der Waals surface area contributed by atoms with Gasteiger partial charge < -0.3 is 15.5 Å². The Kier molecular flexibility index (Phi) is 7.93. The molecule has 41 heavy (non-hydrogen) atoms. The van der Waals surface area contributed by atoms with Gasteiger partial charge in [-0.15, -0.1) is 10.2 Å². The van der Waals surface area contributed by atoms with Crippen LogP contribution in [0.1, 0.15) is 0 Å². The van der Waals surface area contributed by atoms with Crippen LogP contribution in [0.3, 0.4) is 0 Å². The van der Waals surface area contributed by atoms with Crippen LogP contribution in [0.2, 0.25) is 15.5 Å². The molecular weight excluding hydrogens is 655 g/mol. The zero-order valence-electron chi connectivity index (χ0n) is 19.4. The molecule has 0 saturated carbocycles. The van der Waals surface area contributed by atoms with E-state index in [1.165, 1.54) is 0 Å². The first-order valence-corrected chi connectivity index (χ1v) is 14.3. The zero-order valence-corrected chi connectivity index (χ0v) is 23.3. The number of rotatable bonds is 7. The molecule has 0 radical (unpaired) electrons. The van der Waals surface area contributed by atoms with E-state index < -0.39 is 68.8 Å². The second kappa shape index (κ2) is 10.8. The number of nitro benzene ring substituents is 1. The molecule has 0 fully saturated rings. The predicted octanol–water partition coefficient (Wildman–Crippen LogP) is 5.56. The van der Waals surface area contributed by atoms with Gasteiger partial charge in [0.15, 0.2) is 16.7 Å². The van der Waals surface area contributed by atoms with Crippen LogP contribution in [0, 0.1) is 10.1 Å². The van der Waals surface area contributed by atoms with E-state index in [1.807, 2.05) is 0 Å². The van der Waals surface area contributed by atoms with Gasteiger partial charge >= 0.3 is 0 Å². The molecular formula is C20H11Cl3N6O10S2. The summed E-state index contributed by atoms with van der Waals surface area (Å²) in [4.78, 5) is 15.8. The molecule has 0 unspecified atom stereocenters. The smallest absolute Gasteiger partial charge is 0.296 e. The van der Waals surface area contributed by atoms with E-state index in [2.05, 4.69) is 25.5 Å². The van der Waals surface area contributed by atoms with E-state index in [9.17, 15) is 46.3 Å². The van der Waals surface area contributed by atoms with Gasteiger partial charge in [0.2, 0.25) is 5.28 Å². The zero-order chi connectivity index (χ0) is 30.4. The lowest BCUT2D eigenvalue weighted by molar-refractivity contribution is -0.384. The normalized spacial score (nSPS) is 12.2. The lowest BCUT2D eigenvalue weighted by atomic mass is 10.1. The summed E-state index contributed by atoms with van der Waals surface area (Å²) >= 11 is 17.8. The monoisotopic (exact) mass is 664 g/mol. The first-order chi connectivity index (χ1) is 19.0. The first kappa shape index (κ1) is 30.1. The minimum atomic E-state index is -5.22. The summed E-state index contributed by atoms with van der Waals surface area (Å²) in [6.07, 6.45) is 0. The van der Waals surface area contributed by atoms with Gasteiger partial charge in [-0.3, -0.25) is 19.2 Å². The van der Waals surface area contributed by atoms with Gasteiger partial charge in [0.25, 0.3) is 25.9 Å². The number of aromatic nitrogens is 2. The molecule has 0 bridgehead atoms. The fraction of sp³-hybridized carbons (Fsp3) is 0. The van der Waals surface area contributed by atoms with Gasteiger partial charge in [0.1, 0.15) is 27.0 Å². The number of benzene rings is 3. The van der Waals surface area contributed by atoms with Crippen molar-refractivity contribution in [3.05, 3.63) is 62.0 Å². The van der Waals surface area contributed by atoms with E-state index in [0.717, 1.165) is 30.3 Å². The summed E-state index contributed by atoms with van der Waals surface area (Å²) in [6.45, 7) is 0. The quantitative estimate of drug-likeness (QED) is 0.0405. The molecule has 0 atom stereocenters. The van der Waals surface area contributed by atoms with Crippen molar-refractivity contribution < 1.29 is 41.1 Å². The average Bonchev–Trinajstić information content (AvgIpc) is 2.85. The Labute approximate surface area is 243 Å². The van der Waals surface area contributed by atoms with E-state index in [1.54, 1.807) is 0 Å². The van der Waals surface area contributed by atoms with Crippen LogP contribution in [0.5, 0.6) is 11.5 Å². The van der Waals surface area contributed by atoms with E-state index in [-0.39, 0.29) is 32.5 Å². The van der Waals surface area contributed by atoms with Crippen molar-refractivity contribution >= 4 is 94.4 Å². The Morgan fingerprint density at radius 2 is 1.61 bits per heavy atom. The molecule has 214 valence electrons. The van der Waals surface area contributed by atoms with Crippen LogP contribution in [-0.2, 0) is 20.2 Å². The first-order valence-electron chi connectivity index (χ1n) is 10.3. The average molecular weight is 666 g/mol. The second-order valence-corrected chi connectivity index (χ2v) is 11.7. The lowest BCUT2D eigenvalue weighted by Gasteiger charge is -2.16. The van der Waals surface area contributed by atoms with Crippen LogP contribution in [0.15, 0.2) is 56.4 Å². The number of nitrogens with one attached hydrogen (secondary N) is 1. The molecule has 4 aromatic rings. The van der Waals surface area contributed by atoms with Gasteiger partial charge in [-0.2, -0.15) is 21.8 Å². The molecule has 1 aromatic heterocycles. The molecule has 21 heteroatoms. The van der Waals surface area contributed by atoms with Crippen LogP contribution >= 0.6 is 34.8 Å². The van der Waals surface area contributed by atoms with Crippen molar-refractivity contribution in [3.63, 3.8) is 0 Å². The van der Waals surface area contributed by atoms with Crippen molar-refractivity contribution in [1.82, 2.24) is 9.97 Å². The summed E-state index contributed by atoms with van der Waals surface area (Å²) in [7, 11) is -10.2. The summed E-state index contributed by atoms with van der Waals surface area (Å²) < 4.78 is 67.8. The fourth-order valence-electron chi connectivity index (χ4n) is 3.41. The highest BCUT2D eigenvalue weighted by atomic mass is 35.5. The second-order valence-electron chi connectivity index (χ2n) is 7.79. The third kappa shape index (κ3) is 6.22. The van der Waals surface area contributed by atoms with E-state index >= 15 is 0 Å². The van der Waals surface area contributed by atoms with Crippen LogP contribution in [0.25, 0.3) is 10.8 Å². The third-order valence-corrected chi connectivity index (χ3v) is 7.76. The fourth-order valence-corrected chi connectivity index (χ4v) is 5.13. The molecule has 16 nitrogen and oxygen atoms in total. The van der Waals surface area contributed by atoms with Crippen LogP contribution < -0.4 is 5.32 Å². The summed E-state index contributed by atoms with van der Waals surface area (Å²) in [5, 5.41) is 40.1. The minimum Gasteiger partial charge on any atom is -0.506 e. The summed E-state index contributed by atoms with van der Waals surface area (Å²) in [5.74, 6) is -1.95. The highest BCUT2D eigenvalue weighted by molar-refractivity contribution is 7.86. The Morgan fingerprint density at radius 1 is 0.927 bits per heavy atom. The Balaban J connectivity index is 2.06. The number of non-ortho nitro benzene ring substituents is 1. The Hall–Kier alpha value is -3.91. The van der Waals surface area contributed by atoms with Crippen molar-refractivity contribution in [3.8, 4) is 11.5 Å². The number of nitro groups is 1. The molecule has 5 N–H and O–H groups in total. The topological polar surface area (TPSA) is 255 Å². The number of azo groups is 1. The number of fused-ring (bicyclic) bond motifs is 1. The van der Waals surface area contributed by atoms with Crippen molar-refractivity contribution in [2.45, 2.75) is 9.79 Å². The van der Waals surface area contributed by atoms with Crippen LogP contribution in [-0.4, -0.2) is 51.0 Å². The maximum Gasteiger partial charge on any atom is 0.296 e. The lowest BCUT2D eigenvalue weighted by Crippen LogP contribution is -2.04. The highest BCUT2D eigenvalue weighted by Gasteiger charge is 2.26. The number of phenols is 2. The predicted molar refractivity (Wildman–Crippen MR) is 145 cm³/mol. The summed E-state index contributed by atoms with van der Waals surface area (Å²) in [5.41, 5.74) is -2.34. The Morgan fingerprint density at radius 3 is 2.22 bits per heavy atom. The van der Waals surface area contributed by atoms with Gasteiger partial charge in [-0.05, 0) is 41.3 Å². The van der Waals surface area contributed by atoms with E-state index in [4.69, 9.17) is 34.8 Å². The number of halogens is 3. The molecule has 0 spiro atoms. The summed E-state index contributed by atoms with van der Waals surface area (Å²) in [6, 6.07) is 4.91. The van der Waals surface area contributed by atoms with E-state index in [0.29, 0.717) is 6.07 Å². The molecule has 0 aliphatic rings. The molecule has 0 aliphatic heterocycles. The maximum atomic E-state index is 12.2.